The van der Waals surface area contributed by atoms with Gasteiger partial charge in [-0.05, 0) is 194 Å². The van der Waals surface area contributed by atoms with Crippen LogP contribution in [0, 0.1) is 73.0 Å². The Morgan fingerprint density at radius 1 is 0.250 bits per heavy atom. The molecule has 0 bridgehead atoms. The highest BCUT2D eigenvalue weighted by Gasteiger charge is 2.36. The molecule has 0 saturated carbocycles. The Balaban J connectivity index is 1.08. The van der Waals surface area contributed by atoms with Crippen LogP contribution in [0.15, 0.2) is 170 Å². The first-order chi connectivity index (χ1) is 37.2. The Bertz CT molecular complexity index is 4730. The molecule has 2 aliphatic rings. The topological polar surface area (TPSA) is 95.2 Å². The number of hydrogen-bond donors (Lipinski definition) is 0. The van der Waals surface area contributed by atoms with E-state index < -0.39 is 0 Å². The second-order valence-corrected chi connectivity index (χ2v) is 21.0. The molecule has 0 atom stereocenters. The molecule has 0 saturated heterocycles. The molecule has 4 nitrogen and oxygen atoms in total. The molecule has 0 fully saturated rings. The zero-order valence-corrected chi connectivity index (χ0v) is 42.0. The summed E-state index contributed by atoms with van der Waals surface area (Å²) < 4.78 is 0. The van der Waals surface area contributed by atoms with Gasteiger partial charge >= 0.3 is 0 Å². The Hall–Kier alpha value is -10.4. The second-order valence-electron chi connectivity index (χ2n) is 21.0. The van der Waals surface area contributed by atoms with Crippen molar-refractivity contribution in [2.24, 2.45) is 0 Å². The summed E-state index contributed by atoms with van der Waals surface area (Å²) in [7, 11) is 0. The molecule has 0 aliphatic heterocycles. The van der Waals surface area contributed by atoms with E-state index in [4.69, 9.17) is 0 Å². The summed E-state index contributed by atoms with van der Waals surface area (Å²) >= 11 is 0. The zero-order valence-electron chi connectivity index (χ0n) is 42.0. The molecule has 76 heavy (non-hydrogen) atoms. The maximum atomic E-state index is 10.8. The van der Waals surface area contributed by atoms with Gasteiger partial charge in [0.1, 0.15) is 0 Å². The first-order valence-corrected chi connectivity index (χ1v) is 25.6. The molecule has 2 aliphatic carbocycles. The van der Waals surface area contributed by atoms with E-state index in [2.05, 4.69) is 173 Å². The second kappa shape index (κ2) is 15.6. The minimum absolute atomic E-state index is 0.411. The monoisotopic (exact) mass is 960 g/mol. The maximum Gasteiger partial charge on any atom is 0.0998 e. The summed E-state index contributed by atoms with van der Waals surface area (Å²) in [6, 6.07) is 69.9. The van der Waals surface area contributed by atoms with Crippen LogP contribution < -0.4 is 0 Å². The lowest BCUT2D eigenvalue weighted by molar-refractivity contribution is 1.38. The molecule has 0 radical (unpaired) electrons. The van der Waals surface area contributed by atoms with Gasteiger partial charge in [-0.3, -0.25) is 0 Å². The summed E-state index contributed by atoms with van der Waals surface area (Å²) in [5, 5.41) is 55.4. The van der Waals surface area contributed by atoms with E-state index >= 15 is 0 Å². The molecular formula is C72H40N4. The van der Waals surface area contributed by atoms with Crippen LogP contribution in [-0.2, 0) is 0 Å². The minimum atomic E-state index is 0.411. The molecule has 13 aromatic rings. The van der Waals surface area contributed by atoms with Crippen molar-refractivity contribution < 1.29 is 0 Å². The predicted octanol–water partition coefficient (Wildman–Crippen LogP) is 18.7. The molecule has 13 aromatic carbocycles. The lowest BCUT2D eigenvalue weighted by atomic mass is 9.80. The third kappa shape index (κ3) is 5.68. The van der Waals surface area contributed by atoms with Gasteiger partial charge in [0.15, 0.2) is 0 Å². The first kappa shape index (κ1) is 43.2. The maximum absolute atomic E-state index is 10.8. The summed E-state index contributed by atoms with van der Waals surface area (Å²) in [5.74, 6) is 0. The highest BCUT2D eigenvalue weighted by molar-refractivity contribution is 6.42. The average molecular weight is 961 g/mol. The Labute approximate surface area is 438 Å². The number of hydrogen-bond acceptors (Lipinski definition) is 4. The Morgan fingerprint density at radius 3 is 0.868 bits per heavy atom. The fraction of sp³-hybridized carbons (Fsp3) is 0.0556. The number of fused-ring (bicyclic) bond motifs is 10. The van der Waals surface area contributed by atoms with Crippen LogP contribution in [-0.4, -0.2) is 0 Å². The summed E-state index contributed by atoms with van der Waals surface area (Å²) in [6.07, 6.45) is 0. The molecule has 0 amide bonds. The standard InChI is InChI=1S/C72H40N4/c1-37-25-38(2)28-43(27-37)61-49-9-5-6-10-50(49)62(44-29-39(3)26-40(4)30-44)70-58-22-18-54-56-20-24-60-68-59(23-19-55(66(56)68)53-17-21-57(69(61)70)67(58)65(53)54)71-63(47-15-13-41(33-73)31-45(47)35-75)51-11-7-8-12-52(51)64(72(60)71)48-16-14-42(34-74)32-46(48)36-76/h5-32H,1-4H3. The molecule has 4 heteroatoms. The van der Waals surface area contributed by atoms with E-state index in [0.29, 0.717) is 22.3 Å². The van der Waals surface area contributed by atoms with Gasteiger partial charge in [0.05, 0.1) is 46.5 Å². The van der Waals surface area contributed by atoms with Crippen molar-refractivity contribution in [1.29, 1.82) is 21.0 Å². The highest BCUT2D eigenvalue weighted by atomic mass is 14.4. The van der Waals surface area contributed by atoms with E-state index in [0.717, 1.165) is 76.8 Å². The largest absolute Gasteiger partial charge is 0.192 e. The molecule has 15 rings (SSSR count). The lowest BCUT2D eigenvalue weighted by Gasteiger charge is -2.21. The van der Waals surface area contributed by atoms with Crippen molar-refractivity contribution in [2.45, 2.75) is 27.7 Å². The Morgan fingerprint density at radius 2 is 0.553 bits per heavy atom. The van der Waals surface area contributed by atoms with E-state index in [1.54, 1.807) is 24.3 Å². The van der Waals surface area contributed by atoms with Gasteiger partial charge < -0.3 is 0 Å². The quantitative estimate of drug-likeness (QED) is 0.130. The van der Waals surface area contributed by atoms with Crippen molar-refractivity contribution in [3.63, 3.8) is 0 Å². The normalized spacial score (nSPS) is 11.9. The van der Waals surface area contributed by atoms with Crippen LogP contribution in [0.1, 0.15) is 44.5 Å². The Kier molecular flexibility index (Phi) is 8.86. The van der Waals surface area contributed by atoms with E-state index in [1.807, 2.05) is 24.3 Å². The van der Waals surface area contributed by atoms with Crippen LogP contribution in [0.5, 0.6) is 0 Å². The summed E-state index contributed by atoms with van der Waals surface area (Å²) in [6.45, 7) is 8.80. The van der Waals surface area contributed by atoms with E-state index in [9.17, 15) is 21.0 Å². The van der Waals surface area contributed by atoms with Crippen molar-refractivity contribution >= 4 is 64.6 Å². The summed E-state index contributed by atoms with van der Waals surface area (Å²) in [5.41, 5.74) is 23.9. The van der Waals surface area contributed by atoms with Gasteiger partial charge in [-0.25, -0.2) is 0 Å². The van der Waals surface area contributed by atoms with Crippen LogP contribution in [0.2, 0.25) is 0 Å². The zero-order chi connectivity index (χ0) is 51.4. The summed E-state index contributed by atoms with van der Waals surface area (Å²) in [4.78, 5) is 0. The average Bonchev–Trinajstić information content (AvgIpc) is 3.97. The van der Waals surface area contributed by atoms with Crippen molar-refractivity contribution in [2.75, 3.05) is 0 Å². The van der Waals surface area contributed by atoms with Crippen molar-refractivity contribution in [1.82, 2.24) is 0 Å². The van der Waals surface area contributed by atoms with Crippen LogP contribution >= 0.6 is 0 Å². The highest BCUT2D eigenvalue weighted by Crippen LogP contribution is 2.63. The van der Waals surface area contributed by atoms with Gasteiger partial charge in [0, 0.05) is 11.1 Å². The van der Waals surface area contributed by atoms with Gasteiger partial charge in [-0.15, -0.1) is 0 Å². The molecule has 0 unspecified atom stereocenters. The van der Waals surface area contributed by atoms with Crippen LogP contribution in [0.3, 0.4) is 0 Å². The van der Waals surface area contributed by atoms with E-state index in [1.165, 1.54) is 99.1 Å². The fourth-order valence-electron chi connectivity index (χ4n) is 13.9. The van der Waals surface area contributed by atoms with Crippen LogP contribution in [0.25, 0.3) is 154 Å². The molecule has 0 spiro atoms. The molecule has 348 valence electrons. The van der Waals surface area contributed by atoms with Crippen molar-refractivity contribution in [3.8, 4) is 113 Å². The minimum Gasteiger partial charge on any atom is -0.192 e. The van der Waals surface area contributed by atoms with E-state index in [-0.39, 0.29) is 0 Å². The molecule has 0 heterocycles. The predicted molar refractivity (Wildman–Crippen MR) is 311 cm³/mol. The van der Waals surface area contributed by atoms with Gasteiger partial charge in [-0.1, -0.05) is 168 Å². The first-order valence-electron chi connectivity index (χ1n) is 25.6. The number of rotatable bonds is 4. The smallest absolute Gasteiger partial charge is 0.0998 e. The fourth-order valence-corrected chi connectivity index (χ4v) is 13.9. The molecule has 0 N–H and O–H groups in total. The number of benzene rings is 13. The number of nitriles is 4. The molecular weight excluding hydrogens is 921 g/mol. The van der Waals surface area contributed by atoms with Gasteiger partial charge in [-0.2, -0.15) is 21.0 Å². The molecule has 0 aromatic heterocycles. The lowest BCUT2D eigenvalue weighted by Crippen LogP contribution is -1.97. The SMILES string of the molecule is Cc1cc(C)cc(-c2c3c(c(-c4cc(C)cc(C)c4)c4ccccc24)-c2ccc4c5ccc6c7c(ccc(c8ccc-3c2c84)c75)-c2c-6c(-c3ccc(C#N)cc3C#N)c3ccccc3c2-c2ccc(C#N)cc2C#N)c1. The number of aryl methyl sites for hydroxylation is 4. The van der Waals surface area contributed by atoms with Crippen molar-refractivity contribution in [3.05, 3.63) is 214 Å². The number of nitrogens with zero attached hydrogens (tertiary/aromatic N) is 4. The third-order valence-electron chi connectivity index (χ3n) is 16.5. The van der Waals surface area contributed by atoms with Gasteiger partial charge in [0.25, 0.3) is 0 Å². The van der Waals surface area contributed by atoms with Gasteiger partial charge in [0.2, 0.25) is 0 Å². The third-order valence-corrected chi connectivity index (χ3v) is 16.5. The van der Waals surface area contributed by atoms with Crippen LogP contribution in [0.4, 0.5) is 0 Å².